The number of benzene rings is 2. The van der Waals surface area contributed by atoms with Crippen LogP contribution in [0.25, 0.3) is 0 Å². The van der Waals surface area contributed by atoms with Gasteiger partial charge in [0.1, 0.15) is 5.82 Å². The predicted molar refractivity (Wildman–Crippen MR) is 79.9 cm³/mol. The Kier molecular flexibility index (Phi) is 3.94. The van der Waals surface area contributed by atoms with E-state index in [1.54, 1.807) is 6.07 Å². The summed E-state index contributed by atoms with van der Waals surface area (Å²) in [7, 11) is 0. The van der Waals surface area contributed by atoms with Gasteiger partial charge in [-0.15, -0.1) is 0 Å². The molecule has 4 nitrogen and oxygen atoms in total. The first-order valence-corrected chi connectivity index (χ1v) is 6.53. The minimum absolute atomic E-state index is 0.0713. The van der Waals surface area contributed by atoms with Gasteiger partial charge in [-0.2, -0.15) is 0 Å². The number of hydrogen-bond donors (Lipinski definition) is 3. The van der Waals surface area contributed by atoms with Crippen LogP contribution >= 0.6 is 15.9 Å². The number of aromatic carboxylic acids is 1. The number of carboxylic acid groups (broad SMARTS) is 1. The number of halogens is 2. The lowest BCUT2D eigenvalue weighted by molar-refractivity contribution is 0.0698. The first kappa shape index (κ1) is 14.3. The summed E-state index contributed by atoms with van der Waals surface area (Å²) in [6.45, 7) is 1.86. The fourth-order valence-electron chi connectivity index (χ4n) is 1.78. The molecule has 0 bridgehead atoms. The van der Waals surface area contributed by atoms with E-state index in [2.05, 4.69) is 21.2 Å². The lowest BCUT2D eigenvalue weighted by Crippen LogP contribution is -2.05. The van der Waals surface area contributed by atoms with Gasteiger partial charge in [0.25, 0.3) is 0 Å². The molecule has 0 saturated heterocycles. The van der Waals surface area contributed by atoms with Crippen molar-refractivity contribution in [3.63, 3.8) is 0 Å². The molecule has 0 aliphatic rings. The van der Waals surface area contributed by atoms with Gasteiger partial charge in [0.15, 0.2) is 0 Å². The topological polar surface area (TPSA) is 75.3 Å². The maximum absolute atomic E-state index is 13.8. The monoisotopic (exact) mass is 338 g/mol. The molecule has 2 aromatic rings. The van der Waals surface area contributed by atoms with E-state index in [1.807, 2.05) is 19.1 Å². The molecule has 2 aromatic carbocycles. The molecule has 0 radical (unpaired) electrons. The molecular formula is C14H12BrFN2O2. The van der Waals surface area contributed by atoms with Crippen molar-refractivity contribution in [3.05, 3.63) is 51.7 Å². The Morgan fingerprint density at radius 3 is 2.60 bits per heavy atom. The van der Waals surface area contributed by atoms with Crippen LogP contribution in [0.15, 0.2) is 34.8 Å². The maximum atomic E-state index is 13.8. The third-order valence-electron chi connectivity index (χ3n) is 2.83. The predicted octanol–water partition coefficient (Wildman–Crippen LogP) is 3.92. The van der Waals surface area contributed by atoms with Crippen molar-refractivity contribution in [2.45, 2.75) is 6.92 Å². The zero-order valence-electron chi connectivity index (χ0n) is 10.6. The van der Waals surface area contributed by atoms with Crippen LogP contribution in [-0.2, 0) is 0 Å². The highest BCUT2D eigenvalue weighted by molar-refractivity contribution is 9.10. The number of anilines is 3. The van der Waals surface area contributed by atoms with Crippen LogP contribution in [0, 0.1) is 12.7 Å². The summed E-state index contributed by atoms with van der Waals surface area (Å²) < 4.78 is 14.8. The molecule has 0 amide bonds. The maximum Gasteiger partial charge on any atom is 0.337 e. The van der Waals surface area contributed by atoms with Crippen LogP contribution in [0.2, 0.25) is 0 Å². The van der Waals surface area contributed by atoms with Crippen molar-refractivity contribution >= 4 is 39.0 Å². The molecule has 0 atom stereocenters. The van der Waals surface area contributed by atoms with Crippen molar-refractivity contribution in [1.29, 1.82) is 0 Å². The number of nitrogen functional groups attached to an aromatic ring is 1. The molecule has 2 rings (SSSR count). The number of nitrogens with one attached hydrogen (secondary N) is 1. The van der Waals surface area contributed by atoms with Crippen molar-refractivity contribution < 1.29 is 14.3 Å². The van der Waals surface area contributed by atoms with Crippen molar-refractivity contribution in [1.82, 2.24) is 0 Å². The zero-order chi connectivity index (χ0) is 14.9. The Labute approximate surface area is 123 Å². The van der Waals surface area contributed by atoms with Crippen LogP contribution in [0.1, 0.15) is 15.9 Å². The van der Waals surface area contributed by atoms with Crippen molar-refractivity contribution in [2.24, 2.45) is 0 Å². The van der Waals surface area contributed by atoms with E-state index in [0.717, 1.165) is 16.1 Å². The molecule has 104 valence electrons. The molecule has 0 spiro atoms. The van der Waals surface area contributed by atoms with E-state index in [9.17, 15) is 9.18 Å². The minimum Gasteiger partial charge on any atom is -0.478 e. The summed E-state index contributed by atoms with van der Waals surface area (Å²) in [6.07, 6.45) is 0. The molecule has 0 heterocycles. The normalized spacial score (nSPS) is 10.3. The Bertz CT molecular complexity index is 689. The van der Waals surface area contributed by atoms with Crippen LogP contribution in [-0.4, -0.2) is 11.1 Å². The highest BCUT2D eigenvalue weighted by Crippen LogP contribution is 2.28. The van der Waals surface area contributed by atoms with Gasteiger partial charge in [0.05, 0.1) is 11.3 Å². The fraction of sp³-hybridized carbons (Fsp3) is 0.0714. The number of hydrogen-bond acceptors (Lipinski definition) is 3. The van der Waals surface area contributed by atoms with Gasteiger partial charge in [0.2, 0.25) is 0 Å². The first-order chi connectivity index (χ1) is 9.38. The van der Waals surface area contributed by atoms with E-state index in [1.165, 1.54) is 6.07 Å². The van der Waals surface area contributed by atoms with Crippen molar-refractivity contribution in [2.75, 3.05) is 11.1 Å². The average molecular weight is 339 g/mol. The molecule has 0 aliphatic heterocycles. The Morgan fingerprint density at radius 1 is 1.30 bits per heavy atom. The van der Waals surface area contributed by atoms with E-state index in [0.29, 0.717) is 5.69 Å². The van der Waals surface area contributed by atoms with Gasteiger partial charge in [0, 0.05) is 15.8 Å². The van der Waals surface area contributed by atoms with Crippen LogP contribution in [0.3, 0.4) is 0 Å². The number of carbonyl (C=O) groups is 1. The molecule has 4 N–H and O–H groups in total. The van der Waals surface area contributed by atoms with Gasteiger partial charge in [-0.1, -0.05) is 15.9 Å². The Morgan fingerprint density at radius 2 is 2.00 bits per heavy atom. The molecule has 0 saturated carbocycles. The molecule has 0 fully saturated rings. The van der Waals surface area contributed by atoms with E-state index in [4.69, 9.17) is 10.8 Å². The quantitative estimate of drug-likeness (QED) is 0.741. The highest BCUT2D eigenvalue weighted by atomic mass is 79.9. The van der Waals surface area contributed by atoms with Crippen LogP contribution < -0.4 is 11.1 Å². The third-order valence-corrected chi connectivity index (χ3v) is 3.32. The van der Waals surface area contributed by atoms with Gasteiger partial charge in [-0.05, 0) is 42.8 Å². The summed E-state index contributed by atoms with van der Waals surface area (Å²) in [4.78, 5) is 11.0. The minimum atomic E-state index is -1.20. The highest BCUT2D eigenvalue weighted by Gasteiger charge is 2.13. The lowest BCUT2D eigenvalue weighted by Gasteiger charge is -2.12. The average Bonchev–Trinajstić information content (AvgIpc) is 2.35. The molecule has 6 heteroatoms. The summed E-state index contributed by atoms with van der Waals surface area (Å²) in [5, 5.41) is 11.9. The first-order valence-electron chi connectivity index (χ1n) is 5.74. The number of nitrogens with two attached hydrogens (primary N) is 1. The van der Waals surface area contributed by atoms with Gasteiger partial charge in [-0.3, -0.25) is 0 Å². The Hall–Kier alpha value is -2.08. The number of carboxylic acids is 1. The molecule has 0 unspecified atom stereocenters. The SMILES string of the molecule is Cc1cc(Br)ccc1Nc1cc(C(=O)O)c(N)cc1F. The van der Waals surface area contributed by atoms with E-state index in [-0.39, 0.29) is 16.9 Å². The largest absolute Gasteiger partial charge is 0.478 e. The summed E-state index contributed by atoms with van der Waals surface area (Å²) >= 11 is 3.34. The van der Waals surface area contributed by atoms with Gasteiger partial charge >= 0.3 is 5.97 Å². The molecular weight excluding hydrogens is 327 g/mol. The molecule has 0 aromatic heterocycles. The second-order valence-electron chi connectivity index (χ2n) is 4.31. The fourth-order valence-corrected chi connectivity index (χ4v) is 2.26. The standard InChI is InChI=1S/C14H12BrFN2O2/c1-7-4-8(15)2-3-12(7)18-13-5-9(14(19)20)11(17)6-10(13)16/h2-6,18H,17H2,1H3,(H,19,20). The Balaban J connectivity index is 2.43. The number of rotatable bonds is 3. The van der Waals surface area contributed by atoms with Gasteiger partial charge < -0.3 is 16.2 Å². The second-order valence-corrected chi connectivity index (χ2v) is 5.22. The molecule has 20 heavy (non-hydrogen) atoms. The van der Waals surface area contributed by atoms with Gasteiger partial charge in [-0.25, -0.2) is 9.18 Å². The third kappa shape index (κ3) is 2.91. The van der Waals surface area contributed by atoms with Crippen LogP contribution in [0.4, 0.5) is 21.5 Å². The lowest BCUT2D eigenvalue weighted by atomic mass is 10.1. The number of aryl methyl sites for hydroxylation is 1. The van der Waals surface area contributed by atoms with Crippen molar-refractivity contribution in [3.8, 4) is 0 Å². The van der Waals surface area contributed by atoms with E-state index < -0.39 is 11.8 Å². The summed E-state index contributed by atoms with van der Waals surface area (Å²) in [5.74, 6) is -1.80. The smallest absolute Gasteiger partial charge is 0.337 e. The van der Waals surface area contributed by atoms with Crippen LogP contribution in [0.5, 0.6) is 0 Å². The summed E-state index contributed by atoms with van der Waals surface area (Å²) in [5.41, 5.74) is 6.90. The summed E-state index contributed by atoms with van der Waals surface area (Å²) in [6, 6.07) is 7.64. The van der Waals surface area contributed by atoms with E-state index >= 15 is 0 Å². The molecule has 0 aliphatic carbocycles. The zero-order valence-corrected chi connectivity index (χ0v) is 12.2. The second kappa shape index (κ2) is 5.50.